The molecule has 0 aliphatic rings. The average molecular weight is 493 g/mol. The van der Waals surface area contributed by atoms with Gasteiger partial charge >= 0.3 is 11.9 Å². The Kier molecular flexibility index (Phi) is 9.05. The third kappa shape index (κ3) is 6.82. The van der Waals surface area contributed by atoms with Gasteiger partial charge in [0.25, 0.3) is 0 Å². The number of Topliss-reactive ketones (excluding diaryl/α,β-unsaturated/α-hetero) is 1. The van der Waals surface area contributed by atoms with E-state index in [0.717, 1.165) is 6.42 Å². The predicted octanol–water partition coefficient (Wildman–Crippen LogP) is 5.08. The number of halogens is 1. The molecule has 0 fully saturated rings. The van der Waals surface area contributed by atoms with Crippen molar-refractivity contribution in [3.05, 3.63) is 51.5 Å². The fourth-order valence-corrected chi connectivity index (χ4v) is 3.44. The third-order valence-corrected chi connectivity index (χ3v) is 4.94. The van der Waals surface area contributed by atoms with E-state index in [1.165, 1.54) is 26.0 Å². The first-order valence-electron chi connectivity index (χ1n) is 9.88. The quantitative estimate of drug-likeness (QED) is 0.202. The minimum Gasteiger partial charge on any atom is -0.493 e. The molecule has 0 saturated carbocycles. The molecule has 0 atom stereocenters. The van der Waals surface area contributed by atoms with Crippen molar-refractivity contribution in [2.75, 3.05) is 13.2 Å². The molecule has 0 amide bonds. The summed E-state index contributed by atoms with van der Waals surface area (Å²) in [5, 5.41) is 9.01. The Morgan fingerprint density at radius 1 is 1.00 bits per heavy atom. The Hall–Kier alpha value is -2.87. The molecule has 0 spiro atoms. The van der Waals surface area contributed by atoms with Crippen LogP contribution >= 0.6 is 15.9 Å². The Morgan fingerprint density at radius 3 is 2.19 bits per heavy atom. The maximum atomic E-state index is 12.0. The molecule has 0 aliphatic carbocycles. The van der Waals surface area contributed by atoms with Gasteiger partial charge in [0.2, 0.25) is 0 Å². The highest BCUT2D eigenvalue weighted by atomic mass is 79.9. The number of carboxylic acids is 1. The molecule has 7 nitrogen and oxygen atoms in total. The summed E-state index contributed by atoms with van der Waals surface area (Å²) in [6.07, 6.45) is 1.95. The van der Waals surface area contributed by atoms with Crippen LogP contribution in [0.4, 0.5) is 0 Å². The fourth-order valence-electron chi connectivity index (χ4n) is 2.94. The number of carboxylic acid groups (broad SMARTS) is 1. The second-order valence-corrected chi connectivity index (χ2v) is 7.67. The van der Waals surface area contributed by atoms with Crippen LogP contribution < -0.4 is 14.2 Å². The number of aromatic carboxylic acids is 1. The van der Waals surface area contributed by atoms with E-state index in [1.807, 2.05) is 6.92 Å². The number of hydrogen-bond donors (Lipinski definition) is 1. The summed E-state index contributed by atoms with van der Waals surface area (Å²) in [7, 11) is 0. The molecule has 166 valence electrons. The van der Waals surface area contributed by atoms with Gasteiger partial charge in [0, 0.05) is 18.9 Å². The molecule has 1 N–H and O–H groups in total. The normalized spacial score (nSPS) is 10.5. The van der Waals surface area contributed by atoms with E-state index in [9.17, 15) is 14.4 Å². The number of hydrogen-bond acceptors (Lipinski definition) is 6. The molecule has 0 heterocycles. The van der Waals surface area contributed by atoms with Gasteiger partial charge in [0.05, 0.1) is 28.8 Å². The molecule has 0 unspecified atom stereocenters. The Labute approximate surface area is 189 Å². The van der Waals surface area contributed by atoms with Gasteiger partial charge in [-0.05, 0) is 59.6 Å². The van der Waals surface area contributed by atoms with Crippen molar-refractivity contribution in [2.24, 2.45) is 0 Å². The van der Waals surface area contributed by atoms with Crippen molar-refractivity contribution in [3.8, 4) is 17.2 Å². The summed E-state index contributed by atoms with van der Waals surface area (Å²) in [5.41, 5.74) is 1.21. The lowest BCUT2D eigenvalue weighted by Crippen LogP contribution is -2.11. The molecule has 0 radical (unpaired) electrons. The van der Waals surface area contributed by atoms with Gasteiger partial charge in [-0.3, -0.25) is 9.59 Å². The lowest BCUT2D eigenvalue weighted by atomic mass is 10.0. The van der Waals surface area contributed by atoms with E-state index in [-0.39, 0.29) is 17.1 Å². The van der Waals surface area contributed by atoms with E-state index in [2.05, 4.69) is 15.9 Å². The first kappa shape index (κ1) is 24.4. The smallest absolute Gasteiger partial charge is 0.335 e. The standard InChI is InChI=1S/C23H25BrO7/c1-4-6-18-20(10-8-17(14(2)25)22(18)31-15(3)26)29-11-5-12-30-21-9-7-16(23(27)28)13-19(21)24/h7-10,13H,4-6,11-12H2,1-3H3,(H,27,28). The lowest BCUT2D eigenvalue weighted by Gasteiger charge is -2.17. The van der Waals surface area contributed by atoms with Gasteiger partial charge in [0.15, 0.2) is 5.78 Å². The molecule has 2 aromatic carbocycles. The first-order valence-corrected chi connectivity index (χ1v) is 10.7. The van der Waals surface area contributed by atoms with Crippen LogP contribution in [0.15, 0.2) is 34.8 Å². The maximum Gasteiger partial charge on any atom is 0.335 e. The maximum absolute atomic E-state index is 12.0. The molecule has 31 heavy (non-hydrogen) atoms. The van der Waals surface area contributed by atoms with E-state index in [4.69, 9.17) is 19.3 Å². The highest BCUT2D eigenvalue weighted by Crippen LogP contribution is 2.34. The Balaban J connectivity index is 2.04. The van der Waals surface area contributed by atoms with Gasteiger partial charge in [-0.1, -0.05) is 13.3 Å². The van der Waals surface area contributed by atoms with Crippen LogP contribution in [0.5, 0.6) is 17.2 Å². The number of rotatable bonds is 11. The summed E-state index contributed by atoms with van der Waals surface area (Å²) in [5.74, 6) is -0.321. The van der Waals surface area contributed by atoms with Crippen molar-refractivity contribution in [1.82, 2.24) is 0 Å². The van der Waals surface area contributed by atoms with Gasteiger partial charge in [-0.2, -0.15) is 0 Å². The summed E-state index contributed by atoms with van der Waals surface area (Å²) in [6.45, 7) is 5.42. The molecule has 0 aliphatic heterocycles. The molecule has 0 aromatic heterocycles. The van der Waals surface area contributed by atoms with Crippen LogP contribution in [0.2, 0.25) is 0 Å². The average Bonchev–Trinajstić information content (AvgIpc) is 2.70. The number of carbonyl (C=O) groups excluding carboxylic acids is 2. The summed E-state index contributed by atoms with van der Waals surface area (Å²) >= 11 is 3.31. The van der Waals surface area contributed by atoms with E-state index < -0.39 is 11.9 Å². The van der Waals surface area contributed by atoms with Gasteiger partial charge in [-0.15, -0.1) is 0 Å². The van der Waals surface area contributed by atoms with Gasteiger partial charge in [0.1, 0.15) is 17.2 Å². The Morgan fingerprint density at radius 2 is 1.65 bits per heavy atom. The van der Waals surface area contributed by atoms with Crippen LogP contribution in [0.25, 0.3) is 0 Å². The molecular weight excluding hydrogens is 468 g/mol. The molecular formula is C23H25BrO7. The van der Waals surface area contributed by atoms with E-state index >= 15 is 0 Å². The second-order valence-electron chi connectivity index (χ2n) is 6.82. The zero-order valence-corrected chi connectivity index (χ0v) is 19.3. The van der Waals surface area contributed by atoms with Crippen LogP contribution in [-0.2, 0) is 11.2 Å². The minimum absolute atomic E-state index is 0.170. The summed E-state index contributed by atoms with van der Waals surface area (Å²) in [4.78, 5) is 34.5. The summed E-state index contributed by atoms with van der Waals surface area (Å²) < 4.78 is 17.5. The number of benzene rings is 2. The topological polar surface area (TPSA) is 99.1 Å². The molecule has 8 heteroatoms. The molecule has 0 bridgehead atoms. The SMILES string of the molecule is CCCc1c(OCCCOc2ccc(C(=O)O)cc2Br)ccc(C(C)=O)c1OC(C)=O. The van der Waals surface area contributed by atoms with Crippen LogP contribution in [0.1, 0.15) is 59.9 Å². The minimum atomic E-state index is -1.01. The highest BCUT2D eigenvalue weighted by Gasteiger charge is 2.19. The van der Waals surface area contributed by atoms with E-state index in [0.29, 0.717) is 53.2 Å². The lowest BCUT2D eigenvalue weighted by molar-refractivity contribution is -0.131. The number of ether oxygens (including phenoxy) is 3. The Bertz CT molecular complexity index is 969. The second kappa shape index (κ2) is 11.5. The molecule has 0 saturated heterocycles. The zero-order valence-electron chi connectivity index (χ0n) is 17.7. The monoisotopic (exact) mass is 492 g/mol. The molecule has 2 rings (SSSR count). The van der Waals surface area contributed by atoms with E-state index in [1.54, 1.807) is 18.2 Å². The number of ketones is 1. The highest BCUT2D eigenvalue weighted by molar-refractivity contribution is 9.10. The first-order chi connectivity index (χ1) is 14.7. The van der Waals surface area contributed by atoms with Crippen molar-refractivity contribution >= 4 is 33.7 Å². The third-order valence-electron chi connectivity index (χ3n) is 4.33. The van der Waals surface area contributed by atoms with Crippen molar-refractivity contribution in [2.45, 2.75) is 40.0 Å². The molecule has 2 aromatic rings. The number of carbonyl (C=O) groups is 3. The van der Waals surface area contributed by atoms with Crippen molar-refractivity contribution in [3.63, 3.8) is 0 Å². The largest absolute Gasteiger partial charge is 0.493 e. The summed E-state index contributed by atoms with van der Waals surface area (Å²) in [6, 6.07) is 7.88. The van der Waals surface area contributed by atoms with Crippen LogP contribution in [-0.4, -0.2) is 36.0 Å². The number of esters is 1. The predicted molar refractivity (Wildman–Crippen MR) is 118 cm³/mol. The van der Waals surface area contributed by atoms with Crippen molar-refractivity contribution < 1.29 is 33.7 Å². The van der Waals surface area contributed by atoms with Gasteiger partial charge in [-0.25, -0.2) is 4.79 Å². The van der Waals surface area contributed by atoms with Crippen molar-refractivity contribution in [1.29, 1.82) is 0 Å². The van der Waals surface area contributed by atoms with Gasteiger partial charge < -0.3 is 19.3 Å². The van der Waals surface area contributed by atoms with Crippen LogP contribution in [0.3, 0.4) is 0 Å². The van der Waals surface area contributed by atoms with Crippen LogP contribution in [0, 0.1) is 0 Å². The zero-order chi connectivity index (χ0) is 23.0. The fraction of sp³-hybridized carbons (Fsp3) is 0.348.